The van der Waals surface area contributed by atoms with Crippen LogP contribution < -0.4 is 0 Å². The number of aryl methyl sites for hydroxylation is 2. The Balaban J connectivity index is 1.26. The zero-order valence-electron chi connectivity index (χ0n) is 18.7. The third-order valence-electron chi connectivity index (χ3n) is 6.39. The van der Waals surface area contributed by atoms with Crippen LogP contribution >= 0.6 is 0 Å². The number of likely N-dealkylation sites (tertiary alicyclic amines) is 1. The fraction of sp³-hybridized carbons (Fsp3) is 0.583. The molecule has 172 valence electrons. The van der Waals surface area contributed by atoms with Crippen molar-refractivity contribution in [2.24, 2.45) is 0 Å². The average molecular weight is 440 g/mol. The second kappa shape index (κ2) is 11.2. The highest BCUT2D eigenvalue weighted by Gasteiger charge is 2.26. The van der Waals surface area contributed by atoms with E-state index in [1.165, 1.54) is 5.56 Å². The molecule has 0 saturated carbocycles. The Bertz CT molecular complexity index is 879. The minimum absolute atomic E-state index is 0.0903. The molecule has 0 radical (unpaired) electrons. The quantitative estimate of drug-likeness (QED) is 0.632. The van der Waals surface area contributed by atoms with Crippen molar-refractivity contribution in [1.82, 2.24) is 24.8 Å². The average Bonchev–Trinajstić information content (AvgIpc) is 3.33. The van der Waals surface area contributed by atoms with E-state index in [0.29, 0.717) is 45.0 Å². The van der Waals surface area contributed by atoms with Crippen LogP contribution in [0.1, 0.15) is 54.6 Å². The third-order valence-corrected chi connectivity index (χ3v) is 6.39. The molecule has 8 nitrogen and oxygen atoms in total. The van der Waals surface area contributed by atoms with Gasteiger partial charge in [0, 0.05) is 38.6 Å². The number of aromatic nitrogens is 3. The van der Waals surface area contributed by atoms with Gasteiger partial charge < -0.3 is 14.5 Å². The van der Waals surface area contributed by atoms with Crippen molar-refractivity contribution < 1.29 is 14.3 Å². The number of rotatable bonds is 8. The first-order chi connectivity index (χ1) is 15.7. The van der Waals surface area contributed by atoms with E-state index in [2.05, 4.69) is 27.3 Å². The first kappa shape index (κ1) is 22.5. The Hall–Kier alpha value is -2.74. The van der Waals surface area contributed by atoms with Crippen molar-refractivity contribution >= 4 is 11.8 Å². The molecule has 2 aliphatic heterocycles. The number of carbonyl (C=O) groups excluding carboxylic acids is 2. The van der Waals surface area contributed by atoms with Crippen molar-refractivity contribution in [3.05, 3.63) is 47.8 Å². The number of hydrogen-bond acceptors (Lipinski definition) is 5. The second-order valence-corrected chi connectivity index (χ2v) is 8.64. The van der Waals surface area contributed by atoms with Crippen molar-refractivity contribution in [3.63, 3.8) is 0 Å². The van der Waals surface area contributed by atoms with E-state index in [1.54, 1.807) is 15.8 Å². The highest BCUT2D eigenvalue weighted by Crippen LogP contribution is 2.22. The molecule has 2 aromatic rings. The molecular formula is C24H33N5O3. The molecule has 32 heavy (non-hydrogen) atoms. The van der Waals surface area contributed by atoms with Crippen LogP contribution in [-0.4, -0.2) is 75.5 Å². The van der Waals surface area contributed by atoms with E-state index in [4.69, 9.17) is 4.74 Å². The van der Waals surface area contributed by atoms with Crippen molar-refractivity contribution in [3.8, 4) is 0 Å². The lowest BCUT2D eigenvalue weighted by molar-refractivity contribution is -0.135. The minimum atomic E-state index is -0.0903. The molecule has 2 fully saturated rings. The van der Waals surface area contributed by atoms with Crippen LogP contribution in [0.25, 0.3) is 0 Å². The van der Waals surface area contributed by atoms with E-state index >= 15 is 0 Å². The number of morpholine rings is 1. The maximum Gasteiger partial charge on any atom is 0.276 e. The molecule has 3 heterocycles. The molecule has 0 bridgehead atoms. The highest BCUT2D eigenvalue weighted by molar-refractivity contribution is 5.92. The van der Waals surface area contributed by atoms with Gasteiger partial charge in [-0.3, -0.25) is 14.3 Å². The first-order valence-electron chi connectivity index (χ1n) is 11.8. The highest BCUT2D eigenvalue weighted by atomic mass is 16.5. The molecule has 2 amide bonds. The monoisotopic (exact) mass is 439 g/mol. The lowest BCUT2D eigenvalue weighted by Crippen LogP contribution is -2.44. The summed E-state index contributed by atoms with van der Waals surface area (Å²) in [5.74, 6) is 0.167. The number of ether oxygens (including phenoxy) is 1. The Morgan fingerprint density at radius 3 is 2.69 bits per heavy atom. The fourth-order valence-corrected chi connectivity index (χ4v) is 4.58. The zero-order valence-corrected chi connectivity index (χ0v) is 18.7. The number of benzene rings is 1. The van der Waals surface area contributed by atoms with Gasteiger partial charge in [-0.1, -0.05) is 35.5 Å². The molecule has 0 spiro atoms. The van der Waals surface area contributed by atoms with Crippen LogP contribution in [0.5, 0.6) is 0 Å². The van der Waals surface area contributed by atoms with Gasteiger partial charge in [-0.15, -0.1) is 5.10 Å². The summed E-state index contributed by atoms with van der Waals surface area (Å²) in [4.78, 5) is 29.3. The topological polar surface area (TPSA) is 80.6 Å². The summed E-state index contributed by atoms with van der Waals surface area (Å²) in [6.45, 7) is 3.81. The largest absolute Gasteiger partial charge is 0.378 e. The fourth-order valence-electron chi connectivity index (χ4n) is 4.58. The van der Waals surface area contributed by atoms with Crippen molar-refractivity contribution in [1.29, 1.82) is 0 Å². The third kappa shape index (κ3) is 5.94. The lowest BCUT2D eigenvalue weighted by atomic mass is 9.98. The van der Waals surface area contributed by atoms with Gasteiger partial charge in [0.05, 0.1) is 19.4 Å². The number of nitrogens with zero attached hydrogens (tertiary/aromatic N) is 5. The first-order valence-corrected chi connectivity index (χ1v) is 11.8. The number of hydrogen-bond donors (Lipinski definition) is 0. The molecule has 0 N–H and O–H groups in total. The van der Waals surface area contributed by atoms with Gasteiger partial charge in [0.25, 0.3) is 5.91 Å². The summed E-state index contributed by atoms with van der Waals surface area (Å²) in [5.41, 5.74) is 1.66. The molecule has 2 saturated heterocycles. The smallest absolute Gasteiger partial charge is 0.276 e. The van der Waals surface area contributed by atoms with Gasteiger partial charge in [-0.05, 0) is 44.1 Å². The van der Waals surface area contributed by atoms with Gasteiger partial charge in [-0.25, -0.2) is 0 Å². The number of carbonyl (C=O) groups is 2. The van der Waals surface area contributed by atoms with Crippen LogP contribution in [0, 0.1) is 0 Å². The van der Waals surface area contributed by atoms with E-state index in [-0.39, 0.29) is 17.9 Å². The number of amides is 2. The lowest BCUT2D eigenvalue weighted by Gasteiger charge is -2.36. The van der Waals surface area contributed by atoms with E-state index in [9.17, 15) is 9.59 Å². The molecule has 2 aliphatic rings. The molecule has 4 rings (SSSR count). The van der Waals surface area contributed by atoms with E-state index < -0.39 is 0 Å². The summed E-state index contributed by atoms with van der Waals surface area (Å²) in [5, 5.41) is 8.23. The molecule has 1 atom stereocenters. The molecular weight excluding hydrogens is 406 g/mol. The van der Waals surface area contributed by atoms with Crippen LogP contribution in [0.2, 0.25) is 0 Å². The Labute approximate surface area is 189 Å². The molecule has 1 unspecified atom stereocenters. The van der Waals surface area contributed by atoms with Crippen LogP contribution in [0.3, 0.4) is 0 Å². The second-order valence-electron chi connectivity index (χ2n) is 8.64. The summed E-state index contributed by atoms with van der Waals surface area (Å²) >= 11 is 0. The maximum absolute atomic E-state index is 12.9. The summed E-state index contributed by atoms with van der Waals surface area (Å²) in [7, 11) is 0. The summed E-state index contributed by atoms with van der Waals surface area (Å²) < 4.78 is 7.04. The van der Waals surface area contributed by atoms with Gasteiger partial charge in [-0.2, -0.15) is 0 Å². The molecule has 8 heteroatoms. The van der Waals surface area contributed by atoms with Crippen LogP contribution in [-0.2, 0) is 22.5 Å². The Kier molecular flexibility index (Phi) is 7.87. The van der Waals surface area contributed by atoms with E-state index in [1.807, 2.05) is 18.2 Å². The predicted molar refractivity (Wildman–Crippen MR) is 120 cm³/mol. The molecule has 1 aromatic carbocycles. The van der Waals surface area contributed by atoms with Gasteiger partial charge in [0.2, 0.25) is 5.91 Å². The Morgan fingerprint density at radius 2 is 1.88 bits per heavy atom. The Morgan fingerprint density at radius 1 is 1.06 bits per heavy atom. The van der Waals surface area contributed by atoms with Crippen LogP contribution in [0.15, 0.2) is 36.5 Å². The number of piperidine rings is 1. The predicted octanol–water partition coefficient (Wildman–Crippen LogP) is 2.54. The zero-order chi connectivity index (χ0) is 22.2. The van der Waals surface area contributed by atoms with Gasteiger partial charge in [0.1, 0.15) is 0 Å². The van der Waals surface area contributed by atoms with Gasteiger partial charge in [0.15, 0.2) is 5.69 Å². The molecule has 1 aromatic heterocycles. The van der Waals surface area contributed by atoms with Crippen LogP contribution in [0.4, 0.5) is 0 Å². The molecule has 0 aliphatic carbocycles. The van der Waals surface area contributed by atoms with E-state index in [0.717, 1.165) is 45.1 Å². The maximum atomic E-state index is 12.9. The van der Waals surface area contributed by atoms with Crippen molar-refractivity contribution in [2.75, 3.05) is 32.8 Å². The summed E-state index contributed by atoms with van der Waals surface area (Å²) in [6.07, 6.45) is 8.21. The standard InChI is InChI=1S/C24H33N5O3/c30-23(11-6-9-20-7-2-1-3-8-20)29-13-5-4-10-21(29)12-14-28-19-22(25-26-28)24(31)27-15-17-32-18-16-27/h1-3,7-8,19,21H,4-6,9-18H2. The SMILES string of the molecule is O=C(c1cn(CCC2CCCCN2C(=O)CCCc2ccccc2)nn1)N1CCOCC1. The summed E-state index contributed by atoms with van der Waals surface area (Å²) in [6, 6.07) is 10.6. The van der Waals surface area contributed by atoms with Gasteiger partial charge >= 0.3 is 0 Å². The van der Waals surface area contributed by atoms with Crippen molar-refractivity contribution in [2.45, 2.75) is 57.5 Å². The minimum Gasteiger partial charge on any atom is -0.378 e. The normalized spacial score (nSPS) is 19.2.